The van der Waals surface area contributed by atoms with Crippen molar-refractivity contribution in [3.8, 4) is 10.4 Å². The third kappa shape index (κ3) is 4.25. The van der Waals surface area contributed by atoms with E-state index in [1.54, 1.807) is 29.7 Å². The molecule has 8 heteroatoms. The lowest BCUT2D eigenvalue weighted by Gasteiger charge is -2.11. The van der Waals surface area contributed by atoms with E-state index in [0.29, 0.717) is 17.9 Å². The SMILES string of the molecule is N[C@H](CNc1ncc(-c2ccc3c(c2)/C(=C\c2ccco2)C(=O)N3)s1)Cc1c[nH]c2ccccc12. The first-order valence-electron chi connectivity index (χ1n) is 11.4. The number of rotatable bonds is 7. The predicted molar refractivity (Wildman–Crippen MR) is 141 cm³/mol. The smallest absolute Gasteiger partial charge is 0.256 e. The number of hydrogen-bond donors (Lipinski definition) is 4. The molecule has 5 N–H and O–H groups in total. The van der Waals surface area contributed by atoms with Crippen LogP contribution in [0.15, 0.2) is 77.7 Å². The van der Waals surface area contributed by atoms with Gasteiger partial charge in [0.05, 0.1) is 16.7 Å². The van der Waals surface area contributed by atoms with Crippen LogP contribution in [0.2, 0.25) is 0 Å². The largest absolute Gasteiger partial charge is 0.465 e. The summed E-state index contributed by atoms with van der Waals surface area (Å²) in [7, 11) is 0. The molecule has 0 spiro atoms. The lowest BCUT2D eigenvalue weighted by molar-refractivity contribution is -0.110. The maximum absolute atomic E-state index is 12.5. The molecule has 2 aromatic carbocycles. The molecule has 1 aliphatic rings. The highest BCUT2D eigenvalue weighted by Crippen LogP contribution is 2.38. The van der Waals surface area contributed by atoms with Gasteiger partial charge in [0.1, 0.15) is 5.76 Å². The molecule has 0 radical (unpaired) electrons. The second kappa shape index (κ2) is 8.90. The van der Waals surface area contributed by atoms with Crippen molar-refractivity contribution in [2.45, 2.75) is 12.5 Å². The van der Waals surface area contributed by atoms with Gasteiger partial charge in [-0.05, 0) is 54.0 Å². The van der Waals surface area contributed by atoms with Crippen molar-refractivity contribution in [2.24, 2.45) is 5.73 Å². The van der Waals surface area contributed by atoms with Gasteiger partial charge in [-0.25, -0.2) is 4.98 Å². The van der Waals surface area contributed by atoms with Crippen molar-refractivity contribution in [1.82, 2.24) is 9.97 Å². The fourth-order valence-electron chi connectivity index (χ4n) is 4.36. The quantitative estimate of drug-likeness (QED) is 0.234. The van der Waals surface area contributed by atoms with Gasteiger partial charge in [-0.1, -0.05) is 35.6 Å². The highest BCUT2D eigenvalue weighted by Gasteiger charge is 2.25. The van der Waals surface area contributed by atoms with E-state index in [4.69, 9.17) is 10.2 Å². The van der Waals surface area contributed by atoms with Gasteiger partial charge in [0.25, 0.3) is 5.91 Å². The van der Waals surface area contributed by atoms with E-state index in [0.717, 1.165) is 38.8 Å². The summed E-state index contributed by atoms with van der Waals surface area (Å²) in [5.74, 6) is 0.506. The minimum atomic E-state index is -0.135. The number of nitrogens with one attached hydrogen (secondary N) is 3. The summed E-state index contributed by atoms with van der Waals surface area (Å²) in [6.07, 6.45) is 8.01. The van der Waals surface area contributed by atoms with Gasteiger partial charge >= 0.3 is 0 Å². The molecule has 6 rings (SSSR count). The van der Waals surface area contributed by atoms with Crippen LogP contribution in [-0.4, -0.2) is 28.5 Å². The second-order valence-electron chi connectivity index (χ2n) is 8.52. The lowest BCUT2D eigenvalue weighted by atomic mass is 10.0. The molecule has 35 heavy (non-hydrogen) atoms. The third-order valence-corrected chi connectivity index (χ3v) is 7.10. The minimum Gasteiger partial charge on any atom is -0.465 e. The van der Waals surface area contributed by atoms with Gasteiger partial charge in [0.15, 0.2) is 5.13 Å². The summed E-state index contributed by atoms with van der Waals surface area (Å²) < 4.78 is 5.39. The van der Waals surface area contributed by atoms with Crippen molar-refractivity contribution < 1.29 is 9.21 Å². The van der Waals surface area contributed by atoms with E-state index < -0.39 is 0 Å². The number of amides is 1. The van der Waals surface area contributed by atoms with E-state index in [1.165, 1.54) is 10.9 Å². The van der Waals surface area contributed by atoms with Crippen LogP contribution in [0.5, 0.6) is 0 Å². The Morgan fingerprint density at radius 1 is 1.17 bits per heavy atom. The molecule has 0 saturated heterocycles. The van der Waals surface area contributed by atoms with Crippen LogP contribution in [0, 0.1) is 0 Å². The number of para-hydroxylation sites is 1. The summed E-state index contributed by atoms with van der Waals surface area (Å²) in [5.41, 5.74) is 12.0. The molecule has 4 heterocycles. The molecule has 1 aliphatic heterocycles. The van der Waals surface area contributed by atoms with Crippen molar-refractivity contribution in [2.75, 3.05) is 17.2 Å². The molecular formula is C27H23N5O2S. The fourth-order valence-corrected chi connectivity index (χ4v) is 5.18. The Kier molecular flexibility index (Phi) is 5.44. The number of thiazole rings is 1. The van der Waals surface area contributed by atoms with Crippen LogP contribution in [0.1, 0.15) is 16.9 Å². The normalized spacial score (nSPS) is 14.9. The number of carbonyl (C=O) groups excluding carboxylic acids is 1. The lowest BCUT2D eigenvalue weighted by Crippen LogP contribution is -2.31. The highest BCUT2D eigenvalue weighted by atomic mass is 32.1. The number of nitrogens with two attached hydrogens (primary N) is 1. The zero-order chi connectivity index (χ0) is 23.8. The van der Waals surface area contributed by atoms with Gasteiger partial charge in [0.2, 0.25) is 0 Å². The van der Waals surface area contributed by atoms with Crippen LogP contribution < -0.4 is 16.4 Å². The standard InChI is InChI=1S/C27H23N5O2S/c28-18(10-17-13-29-23-6-2-1-5-20(17)23)14-30-27-31-15-25(35-27)16-7-8-24-21(11-16)22(26(33)32-24)12-19-4-3-9-34-19/h1-9,11-13,15,18,29H,10,14,28H2,(H,30,31)(H,32,33)/b22-12+/t18-/m0/s1. The topological polar surface area (TPSA) is 109 Å². The number of furan rings is 1. The van der Waals surface area contributed by atoms with Gasteiger partial charge in [-0.2, -0.15) is 0 Å². The number of anilines is 2. The number of carbonyl (C=O) groups is 1. The maximum atomic E-state index is 12.5. The van der Waals surface area contributed by atoms with Gasteiger partial charge < -0.3 is 25.8 Å². The van der Waals surface area contributed by atoms with Crippen LogP contribution in [-0.2, 0) is 11.2 Å². The van der Waals surface area contributed by atoms with Gasteiger partial charge in [0, 0.05) is 47.1 Å². The zero-order valence-corrected chi connectivity index (χ0v) is 19.6. The van der Waals surface area contributed by atoms with Crippen LogP contribution >= 0.6 is 11.3 Å². The zero-order valence-electron chi connectivity index (χ0n) is 18.7. The second-order valence-corrected chi connectivity index (χ2v) is 9.55. The minimum absolute atomic E-state index is 0.0482. The molecule has 5 aromatic rings. The Labute approximate surface area is 205 Å². The van der Waals surface area contributed by atoms with E-state index in [1.807, 2.05) is 48.8 Å². The Morgan fingerprint density at radius 2 is 2.09 bits per heavy atom. The van der Waals surface area contributed by atoms with E-state index in [2.05, 4.69) is 32.7 Å². The molecule has 7 nitrogen and oxygen atoms in total. The number of fused-ring (bicyclic) bond motifs is 2. The molecule has 1 amide bonds. The third-order valence-electron chi connectivity index (χ3n) is 6.10. The monoisotopic (exact) mass is 481 g/mol. The summed E-state index contributed by atoms with van der Waals surface area (Å²) in [4.78, 5) is 21.3. The van der Waals surface area contributed by atoms with Crippen molar-refractivity contribution in [1.29, 1.82) is 0 Å². The molecule has 0 bridgehead atoms. The van der Waals surface area contributed by atoms with Gasteiger partial charge in [-0.3, -0.25) is 4.79 Å². The Morgan fingerprint density at radius 3 is 2.97 bits per heavy atom. The number of hydrogen-bond acceptors (Lipinski definition) is 6. The molecule has 0 fully saturated rings. The van der Waals surface area contributed by atoms with Crippen LogP contribution in [0.3, 0.4) is 0 Å². The molecule has 0 aliphatic carbocycles. The van der Waals surface area contributed by atoms with Gasteiger partial charge in [-0.15, -0.1) is 0 Å². The summed E-state index contributed by atoms with van der Waals surface area (Å²) >= 11 is 1.56. The first-order valence-corrected chi connectivity index (χ1v) is 12.2. The number of nitrogens with zero attached hydrogens (tertiary/aromatic N) is 1. The maximum Gasteiger partial charge on any atom is 0.256 e. The Hall–Kier alpha value is -4.14. The summed E-state index contributed by atoms with van der Waals surface area (Å²) in [6, 6.07) is 17.8. The highest BCUT2D eigenvalue weighted by molar-refractivity contribution is 7.18. The number of benzene rings is 2. The average molecular weight is 482 g/mol. The molecule has 174 valence electrons. The van der Waals surface area contributed by atoms with Crippen LogP contribution in [0.4, 0.5) is 10.8 Å². The predicted octanol–water partition coefficient (Wildman–Crippen LogP) is 5.36. The summed E-state index contributed by atoms with van der Waals surface area (Å²) in [5, 5.41) is 8.32. The van der Waals surface area contributed by atoms with E-state index in [9.17, 15) is 4.79 Å². The van der Waals surface area contributed by atoms with Crippen LogP contribution in [0.25, 0.3) is 33.0 Å². The first kappa shape index (κ1) is 21.4. The first-order chi connectivity index (χ1) is 17.1. The summed E-state index contributed by atoms with van der Waals surface area (Å²) in [6.45, 7) is 0.616. The van der Waals surface area contributed by atoms with Crippen molar-refractivity contribution in [3.05, 3.63) is 90.1 Å². The number of H-pyrrole nitrogens is 1. The van der Waals surface area contributed by atoms with Crippen molar-refractivity contribution in [3.63, 3.8) is 0 Å². The van der Waals surface area contributed by atoms with E-state index in [-0.39, 0.29) is 11.9 Å². The number of aromatic nitrogens is 2. The molecule has 0 saturated carbocycles. The Bertz CT molecular complexity index is 1550. The number of aromatic amines is 1. The fraction of sp³-hybridized carbons (Fsp3) is 0.111. The molecule has 3 aromatic heterocycles. The average Bonchev–Trinajstić information content (AvgIpc) is 3.66. The molecule has 0 unspecified atom stereocenters. The van der Waals surface area contributed by atoms with E-state index >= 15 is 0 Å². The van der Waals surface area contributed by atoms with Crippen molar-refractivity contribution >= 4 is 50.6 Å². The molecular weight excluding hydrogens is 458 g/mol. The Balaban J connectivity index is 1.15. The molecule has 1 atom stereocenters.